The molecule has 3 rings (SSSR count). The Bertz CT molecular complexity index is 306. The van der Waals surface area contributed by atoms with E-state index in [4.69, 9.17) is 0 Å². The van der Waals surface area contributed by atoms with E-state index in [1.54, 1.807) is 0 Å². The van der Waals surface area contributed by atoms with Gasteiger partial charge < -0.3 is 4.79 Å². The zero-order chi connectivity index (χ0) is 13.1. The van der Waals surface area contributed by atoms with Crippen molar-refractivity contribution in [3.05, 3.63) is 0 Å². The van der Waals surface area contributed by atoms with Crippen LogP contribution >= 0.6 is 0 Å². The molecule has 0 bridgehead atoms. The van der Waals surface area contributed by atoms with E-state index < -0.39 is 0 Å². The minimum absolute atomic E-state index is 0.0115. The van der Waals surface area contributed by atoms with E-state index >= 15 is 0 Å². The summed E-state index contributed by atoms with van der Waals surface area (Å²) in [5.41, 5.74) is 0.0115. The van der Waals surface area contributed by atoms with E-state index in [9.17, 15) is 4.79 Å². The van der Waals surface area contributed by atoms with Gasteiger partial charge in [-0.05, 0) is 51.0 Å². The summed E-state index contributed by atoms with van der Waals surface area (Å²) in [6.07, 6.45) is 15.9. The molecule has 0 aromatic heterocycles. The number of piperidine rings is 1. The maximum atomic E-state index is 11.7. The third-order valence-corrected chi connectivity index (χ3v) is 5.98. The van der Waals surface area contributed by atoms with E-state index in [0.717, 1.165) is 31.3 Å². The third kappa shape index (κ3) is 2.89. The summed E-state index contributed by atoms with van der Waals surface area (Å²) in [6.45, 7) is 2.31. The zero-order valence-electron chi connectivity index (χ0n) is 12.3. The molecule has 2 atom stereocenters. The van der Waals surface area contributed by atoms with Gasteiger partial charge in [0.1, 0.15) is 6.29 Å². The van der Waals surface area contributed by atoms with Crippen molar-refractivity contribution in [3.8, 4) is 0 Å². The summed E-state index contributed by atoms with van der Waals surface area (Å²) in [5.74, 6) is 0.940. The van der Waals surface area contributed by atoms with E-state index in [1.807, 2.05) is 0 Å². The van der Waals surface area contributed by atoms with E-state index in [2.05, 4.69) is 4.90 Å². The lowest BCUT2D eigenvalue weighted by atomic mass is 9.72. The minimum atomic E-state index is 0.0115. The Kier molecular flexibility index (Phi) is 4.26. The monoisotopic (exact) mass is 263 g/mol. The highest BCUT2D eigenvalue weighted by Crippen LogP contribution is 2.40. The molecule has 2 heteroatoms. The quantitative estimate of drug-likeness (QED) is 0.722. The van der Waals surface area contributed by atoms with Crippen LogP contribution in [0.25, 0.3) is 0 Å². The smallest absolute Gasteiger partial charge is 0.127 e. The van der Waals surface area contributed by atoms with Gasteiger partial charge in [-0.15, -0.1) is 0 Å². The number of carbonyl (C=O) groups excluding carboxylic acids is 1. The fourth-order valence-corrected chi connectivity index (χ4v) is 4.90. The second-order valence-corrected chi connectivity index (χ2v) is 7.27. The van der Waals surface area contributed by atoms with Crippen LogP contribution in [0.5, 0.6) is 0 Å². The van der Waals surface area contributed by atoms with Crippen molar-refractivity contribution in [3.63, 3.8) is 0 Å². The SMILES string of the molecule is O=CC1(CN2CCCC3CCCCC32)CCCCC1. The summed E-state index contributed by atoms with van der Waals surface area (Å²) in [5, 5.41) is 0. The molecule has 2 unspecified atom stereocenters. The Morgan fingerprint density at radius 2 is 1.68 bits per heavy atom. The van der Waals surface area contributed by atoms with Crippen molar-refractivity contribution in [2.45, 2.75) is 76.7 Å². The second-order valence-electron chi connectivity index (χ2n) is 7.27. The zero-order valence-corrected chi connectivity index (χ0v) is 12.3. The highest BCUT2D eigenvalue weighted by Gasteiger charge is 2.39. The Labute approximate surface area is 117 Å². The van der Waals surface area contributed by atoms with Gasteiger partial charge in [-0.2, -0.15) is 0 Å². The Balaban J connectivity index is 1.68. The van der Waals surface area contributed by atoms with Crippen LogP contribution in [-0.2, 0) is 4.79 Å². The van der Waals surface area contributed by atoms with E-state index in [1.165, 1.54) is 70.6 Å². The van der Waals surface area contributed by atoms with Gasteiger partial charge in [0, 0.05) is 18.0 Å². The Morgan fingerprint density at radius 3 is 2.47 bits per heavy atom. The topological polar surface area (TPSA) is 20.3 Å². The number of hydrogen-bond donors (Lipinski definition) is 0. The summed E-state index contributed by atoms with van der Waals surface area (Å²) in [4.78, 5) is 14.4. The molecular weight excluding hydrogens is 234 g/mol. The van der Waals surface area contributed by atoms with Crippen LogP contribution in [0.4, 0.5) is 0 Å². The van der Waals surface area contributed by atoms with Crippen LogP contribution in [0.15, 0.2) is 0 Å². The van der Waals surface area contributed by atoms with Crippen molar-refractivity contribution in [2.24, 2.45) is 11.3 Å². The predicted octanol–water partition coefficient (Wildman–Crippen LogP) is 3.79. The maximum absolute atomic E-state index is 11.7. The molecule has 19 heavy (non-hydrogen) atoms. The lowest BCUT2D eigenvalue weighted by Gasteiger charge is -2.47. The van der Waals surface area contributed by atoms with Crippen molar-refractivity contribution >= 4 is 6.29 Å². The lowest BCUT2D eigenvalue weighted by molar-refractivity contribution is -0.120. The van der Waals surface area contributed by atoms with Gasteiger partial charge in [0.05, 0.1) is 0 Å². The summed E-state index contributed by atoms with van der Waals surface area (Å²) >= 11 is 0. The van der Waals surface area contributed by atoms with Gasteiger partial charge >= 0.3 is 0 Å². The van der Waals surface area contributed by atoms with Crippen LogP contribution in [0, 0.1) is 11.3 Å². The molecule has 0 aromatic carbocycles. The fourth-order valence-electron chi connectivity index (χ4n) is 4.90. The standard InChI is InChI=1S/C17H29NO/c19-14-17(10-4-1-5-11-17)13-18-12-6-8-15-7-2-3-9-16(15)18/h14-16H,1-13H2. The van der Waals surface area contributed by atoms with Gasteiger partial charge in [0.25, 0.3) is 0 Å². The van der Waals surface area contributed by atoms with Gasteiger partial charge in [-0.25, -0.2) is 0 Å². The molecule has 0 aromatic rings. The molecule has 1 saturated heterocycles. The molecule has 0 amide bonds. The third-order valence-electron chi connectivity index (χ3n) is 5.98. The lowest BCUT2D eigenvalue weighted by Crippen LogP contribution is -2.51. The van der Waals surface area contributed by atoms with Crippen LogP contribution in [-0.4, -0.2) is 30.3 Å². The van der Waals surface area contributed by atoms with Gasteiger partial charge in [-0.1, -0.05) is 32.1 Å². The first-order chi connectivity index (χ1) is 9.33. The molecule has 2 aliphatic carbocycles. The molecule has 1 aliphatic heterocycles. The summed E-state index contributed by atoms with van der Waals surface area (Å²) < 4.78 is 0. The molecule has 108 valence electrons. The summed E-state index contributed by atoms with van der Waals surface area (Å²) in [7, 11) is 0. The highest BCUT2D eigenvalue weighted by atomic mass is 16.1. The van der Waals surface area contributed by atoms with Crippen molar-refractivity contribution in [1.29, 1.82) is 0 Å². The number of likely N-dealkylation sites (tertiary alicyclic amines) is 1. The summed E-state index contributed by atoms with van der Waals surface area (Å²) in [6, 6.07) is 0.807. The molecule has 0 N–H and O–H groups in total. The number of nitrogens with zero attached hydrogens (tertiary/aromatic N) is 1. The normalized spacial score (nSPS) is 35.6. The maximum Gasteiger partial charge on any atom is 0.127 e. The minimum Gasteiger partial charge on any atom is -0.303 e. The average molecular weight is 263 g/mol. The van der Waals surface area contributed by atoms with Crippen LogP contribution in [0.3, 0.4) is 0 Å². The Hall–Kier alpha value is -0.370. The molecule has 0 radical (unpaired) electrons. The molecular formula is C17H29NO. The largest absolute Gasteiger partial charge is 0.303 e. The average Bonchev–Trinajstić information content (AvgIpc) is 2.49. The van der Waals surface area contributed by atoms with Gasteiger partial charge in [-0.3, -0.25) is 4.90 Å². The number of carbonyl (C=O) groups is 1. The molecule has 3 fully saturated rings. The van der Waals surface area contributed by atoms with Crippen molar-refractivity contribution in [1.82, 2.24) is 4.90 Å². The van der Waals surface area contributed by atoms with Crippen LogP contribution in [0.1, 0.15) is 70.6 Å². The molecule has 3 aliphatic rings. The first-order valence-corrected chi connectivity index (χ1v) is 8.53. The molecule has 2 nitrogen and oxygen atoms in total. The molecule has 0 spiro atoms. The first-order valence-electron chi connectivity index (χ1n) is 8.53. The number of fused-ring (bicyclic) bond motifs is 1. The highest BCUT2D eigenvalue weighted by molar-refractivity contribution is 5.60. The second kappa shape index (κ2) is 5.95. The predicted molar refractivity (Wildman–Crippen MR) is 78.1 cm³/mol. The number of rotatable bonds is 3. The van der Waals surface area contributed by atoms with Crippen molar-refractivity contribution in [2.75, 3.05) is 13.1 Å². The Morgan fingerprint density at radius 1 is 0.947 bits per heavy atom. The number of hydrogen-bond acceptors (Lipinski definition) is 2. The van der Waals surface area contributed by atoms with Crippen LogP contribution in [0.2, 0.25) is 0 Å². The first kappa shape index (κ1) is 13.6. The van der Waals surface area contributed by atoms with Gasteiger partial charge in [0.2, 0.25) is 0 Å². The van der Waals surface area contributed by atoms with Crippen LogP contribution < -0.4 is 0 Å². The molecule has 1 heterocycles. The van der Waals surface area contributed by atoms with Crippen molar-refractivity contribution < 1.29 is 4.79 Å². The van der Waals surface area contributed by atoms with E-state index in [-0.39, 0.29) is 5.41 Å². The molecule has 2 saturated carbocycles. The van der Waals surface area contributed by atoms with Gasteiger partial charge in [0.15, 0.2) is 0 Å². The van der Waals surface area contributed by atoms with E-state index in [0.29, 0.717) is 0 Å². The fraction of sp³-hybridized carbons (Fsp3) is 0.941. The number of aldehydes is 1.